The van der Waals surface area contributed by atoms with Crippen LogP contribution in [-0.2, 0) is 10.4 Å². The van der Waals surface area contributed by atoms with E-state index >= 15 is 0 Å². The molecule has 0 aliphatic rings. The molecule has 0 fully saturated rings. The monoisotopic (exact) mass is 311 g/mol. The van der Waals surface area contributed by atoms with Crippen molar-refractivity contribution >= 4 is 17.6 Å². The van der Waals surface area contributed by atoms with Gasteiger partial charge in [-0.05, 0) is 30.2 Å². The van der Waals surface area contributed by atoms with Gasteiger partial charge in [-0.15, -0.1) is 0 Å². The van der Waals surface area contributed by atoms with E-state index in [0.717, 1.165) is 12.1 Å². The van der Waals surface area contributed by atoms with Gasteiger partial charge in [-0.25, -0.2) is 0 Å². The van der Waals surface area contributed by atoms with Crippen molar-refractivity contribution in [3.8, 4) is 0 Å². The Kier molecular flexibility index (Phi) is 4.68. The number of carbonyl (C=O) groups is 1. The van der Waals surface area contributed by atoms with Gasteiger partial charge in [0.05, 0.1) is 6.42 Å². The van der Waals surface area contributed by atoms with E-state index in [4.69, 9.17) is 22.4 Å². The molecule has 4 nitrogen and oxygen atoms in total. The minimum absolute atomic E-state index is 0.0668. The van der Waals surface area contributed by atoms with Crippen molar-refractivity contribution in [1.29, 1.82) is 0 Å². The van der Waals surface area contributed by atoms with Crippen molar-refractivity contribution in [2.75, 3.05) is 0 Å². The molecule has 0 spiro atoms. The van der Waals surface area contributed by atoms with Crippen LogP contribution in [0.15, 0.2) is 18.2 Å². The smallest absolute Gasteiger partial charge is 0.421 e. The summed E-state index contributed by atoms with van der Waals surface area (Å²) >= 11 is 5.71. The first kappa shape index (κ1) is 16.7. The molecule has 8 heteroatoms. The second-order valence-corrected chi connectivity index (χ2v) is 4.98. The highest BCUT2D eigenvalue weighted by atomic mass is 35.5. The molecule has 0 aliphatic carbocycles. The highest BCUT2D eigenvalue weighted by molar-refractivity contribution is 6.30. The third-order valence-corrected chi connectivity index (χ3v) is 3.08. The maximum absolute atomic E-state index is 12.8. The number of alkyl halides is 3. The Morgan fingerprint density at radius 3 is 2.40 bits per heavy atom. The van der Waals surface area contributed by atoms with Crippen LogP contribution in [0.5, 0.6) is 0 Å². The molecule has 2 atom stereocenters. The number of aliphatic hydroxyl groups is 1. The number of benzene rings is 1. The number of hydrogen-bond acceptors (Lipinski definition) is 3. The molecule has 1 aromatic rings. The number of aliphatic carboxylic acids is 1. The van der Waals surface area contributed by atoms with Gasteiger partial charge in [-0.3, -0.25) is 4.79 Å². The van der Waals surface area contributed by atoms with Crippen LogP contribution < -0.4 is 5.73 Å². The van der Waals surface area contributed by atoms with Gasteiger partial charge in [-0.1, -0.05) is 17.7 Å². The zero-order chi connectivity index (χ0) is 15.7. The molecule has 0 saturated heterocycles. The zero-order valence-corrected chi connectivity index (χ0v) is 11.2. The molecule has 0 saturated carbocycles. The molecule has 0 bridgehead atoms. The van der Waals surface area contributed by atoms with Crippen LogP contribution in [-0.4, -0.2) is 22.4 Å². The van der Waals surface area contributed by atoms with E-state index in [1.807, 2.05) is 0 Å². The molecular weight excluding hydrogens is 299 g/mol. The summed E-state index contributed by atoms with van der Waals surface area (Å²) in [4.78, 5) is 10.6. The third kappa shape index (κ3) is 3.62. The molecule has 1 aromatic carbocycles. The Balaban J connectivity index is 3.25. The molecule has 4 N–H and O–H groups in total. The highest BCUT2D eigenvalue weighted by Crippen LogP contribution is 2.40. The van der Waals surface area contributed by atoms with Gasteiger partial charge >= 0.3 is 12.1 Å². The topological polar surface area (TPSA) is 83.5 Å². The second-order valence-electron chi connectivity index (χ2n) is 4.55. The lowest BCUT2D eigenvalue weighted by atomic mass is 9.91. The van der Waals surface area contributed by atoms with Crippen molar-refractivity contribution in [3.63, 3.8) is 0 Å². The van der Waals surface area contributed by atoms with Crippen LogP contribution in [0.25, 0.3) is 0 Å². The number of carboxylic acid groups (broad SMARTS) is 1. The molecule has 2 unspecified atom stereocenters. The quantitative estimate of drug-likeness (QED) is 0.798. The molecule has 112 valence electrons. The van der Waals surface area contributed by atoms with Gasteiger partial charge < -0.3 is 15.9 Å². The van der Waals surface area contributed by atoms with Crippen LogP contribution in [0.2, 0.25) is 5.02 Å². The molecule has 20 heavy (non-hydrogen) atoms. The van der Waals surface area contributed by atoms with Crippen molar-refractivity contribution in [2.45, 2.75) is 31.2 Å². The van der Waals surface area contributed by atoms with Crippen molar-refractivity contribution in [3.05, 3.63) is 34.3 Å². The fraction of sp³-hybridized carbons (Fsp3) is 0.417. The van der Waals surface area contributed by atoms with Crippen LogP contribution >= 0.6 is 11.6 Å². The lowest BCUT2D eigenvalue weighted by Crippen LogP contribution is -2.39. The predicted molar refractivity (Wildman–Crippen MR) is 66.3 cm³/mol. The van der Waals surface area contributed by atoms with Crippen LogP contribution in [0.3, 0.4) is 0 Å². The predicted octanol–water partition coefficient (Wildman–Crippen LogP) is 2.58. The normalized spacial score (nSPS) is 16.6. The Morgan fingerprint density at radius 2 is 1.95 bits per heavy atom. The summed E-state index contributed by atoms with van der Waals surface area (Å²) in [7, 11) is 0. The van der Waals surface area contributed by atoms with E-state index in [2.05, 4.69) is 0 Å². The summed E-state index contributed by atoms with van der Waals surface area (Å²) in [6.45, 7) is 0.588. The van der Waals surface area contributed by atoms with Gasteiger partial charge in [-0.2, -0.15) is 13.2 Å². The van der Waals surface area contributed by atoms with Crippen molar-refractivity contribution in [2.24, 2.45) is 5.73 Å². The average molecular weight is 312 g/mol. The first-order valence-electron chi connectivity index (χ1n) is 5.52. The van der Waals surface area contributed by atoms with Crippen molar-refractivity contribution in [1.82, 2.24) is 0 Å². The summed E-state index contributed by atoms with van der Waals surface area (Å²) in [5.74, 6) is -1.19. The summed E-state index contributed by atoms with van der Waals surface area (Å²) in [6, 6.07) is 2.22. The third-order valence-electron chi connectivity index (χ3n) is 2.86. The summed E-state index contributed by atoms with van der Waals surface area (Å²) in [5, 5.41) is 18.2. The molecule has 0 aliphatic heterocycles. The van der Waals surface area contributed by atoms with Gasteiger partial charge in [0.15, 0.2) is 5.60 Å². The van der Waals surface area contributed by atoms with Gasteiger partial charge in [0.2, 0.25) is 0 Å². The lowest BCUT2D eigenvalue weighted by molar-refractivity contribution is -0.258. The van der Waals surface area contributed by atoms with Crippen LogP contribution in [0.1, 0.15) is 30.5 Å². The molecule has 0 radical (unpaired) electrons. The molecular formula is C12H13ClF3NO3. The first-order valence-corrected chi connectivity index (χ1v) is 5.90. The van der Waals surface area contributed by atoms with E-state index in [-0.39, 0.29) is 10.6 Å². The van der Waals surface area contributed by atoms with E-state index in [0.29, 0.717) is 6.92 Å². The lowest BCUT2D eigenvalue weighted by Gasteiger charge is -2.27. The standard InChI is InChI=1S/C12H13ClF3NO3/c1-11(20,12(14,15)16)7-2-6(3-8(13)4-7)9(17)5-10(18)19/h2-4,9,20H,5,17H2,1H3,(H,18,19). The molecule has 0 amide bonds. The maximum Gasteiger partial charge on any atom is 0.421 e. The maximum atomic E-state index is 12.8. The second kappa shape index (κ2) is 5.59. The molecule has 0 heterocycles. The van der Waals surface area contributed by atoms with E-state index in [1.165, 1.54) is 6.07 Å². The van der Waals surface area contributed by atoms with E-state index in [1.54, 1.807) is 0 Å². The number of halogens is 4. The first-order chi connectivity index (χ1) is 8.95. The molecule has 1 rings (SSSR count). The molecule has 0 aromatic heterocycles. The van der Waals surface area contributed by atoms with Crippen LogP contribution in [0.4, 0.5) is 13.2 Å². The number of nitrogens with two attached hydrogens (primary N) is 1. The van der Waals surface area contributed by atoms with E-state index in [9.17, 15) is 23.1 Å². The highest BCUT2D eigenvalue weighted by Gasteiger charge is 2.51. The van der Waals surface area contributed by atoms with Gasteiger partial charge in [0.25, 0.3) is 0 Å². The average Bonchev–Trinajstić information content (AvgIpc) is 2.25. The number of carboxylic acids is 1. The minimum atomic E-state index is -4.90. The zero-order valence-electron chi connectivity index (χ0n) is 10.4. The van der Waals surface area contributed by atoms with Gasteiger partial charge in [0, 0.05) is 11.1 Å². The summed E-state index contributed by atoms with van der Waals surface area (Å²) < 4.78 is 38.3. The Labute approximate surface area is 118 Å². The fourth-order valence-electron chi connectivity index (χ4n) is 1.58. The van der Waals surface area contributed by atoms with Crippen molar-refractivity contribution < 1.29 is 28.2 Å². The SMILES string of the molecule is CC(O)(c1cc(Cl)cc(C(N)CC(=O)O)c1)C(F)(F)F. The number of rotatable bonds is 4. The fourth-order valence-corrected chi connectivity index (χ4v) is 1.82. The van der Waals surface area contributed by atoms with Crippen LogP contribution in [0, 0.1) is 0 Å². The Morgan fingerprint density at radius 1 is 1.40 bits per heavy atom. The number of hydrogen-bond donors (Lipinski definition) is 3. The Hall–Kier alpha value is -1.31. The summed E-state index contributed by atoms with van der Waals surface area (Å²) in [5.41, 5.74) is 2.10. The minimum Gasteiger partial charge on any atom is -0.481 e. The van der Waals surface area contributed by atoms with E-state index < -0.39 is 35.8 Å². The largest absolute Gasteiger partial charge is 0.481 e. The van der Waals surface area contributed by atoms with Gasteiger partial charge in [0.1, 0.15) is 0 Å². The Bertz CT molecular complexity index is 517. The summed E-state index contributed by atoms with van der Waals surface area (Å²) in [6.07, 6.45) is -5.36.